The number of nitrogens with zero attached hydrogens (tertiary/aromatic N) is 3. The fraction of sp³-hybridized carbons (Fsp3) is 0.0769. The van der Waals surface area contributed by atoms with Crippen LogP contribution in [0.25, 0.3) is 0 Å². The van der Waals surface area contributed by atoms with Crippen LogP contribution in [0.2, 0.25) is 0 Å². The van der Waals surface area contributed by atoms with E-state index in [0.29, 0.717) is 20.9 Å². The van der Waals surface area contributed by atoms with Crippen molar-refractivity contribution >= 4 is 29.2 Å². The Morgan fingerprint density at radius 2 is 1.63 bits per heavy atom. The molecular weight excluding hydrogens is 462 g/mol. The minimum absolute atomic E-state index is 0.113. The van der Waals surface area contributed by atoms with Gasteiger partial charge in [-0.3, -0.25) is 19.1 Å². The largest absolute Gasteiger partial charge is 0.383 e. The number of aromatic amines is 1. The van der Waals surface area contributed by atoms with E-state index in [1.807, 2.05) is 36.4 Å². The van der Waals surface area contributed by atoms with Gasteiger partial charge in [-0.2, -0.15) is 5.26 Å². The van der Waals surface area contributed by atoms with Crippen LogP contribution in [0.15, 0.2) is 98.2 Å². The SMILES string of the molecule is CN(C(=O)c1ccccc1Sc1ccccc1C#N)c1c(N)n(Cc2ccccc2)c(=O)[nH]c1=O. The average Bonchev–Trinajstić information content (AvgIpc) is 2.87. The second-order valence-electron chi connectivity index (χ2n) is 7.64. The van der Waals surface area contributed by atoms with Crippen molar-refractivity contribution in [3.63, 3.8) is 0 Å². The third-order valence-corrected chi connectivity index (χ3v) is 6.53. The lowest BCUT2D eigenvalue weighted by Gasteiger charge is -2.21. The molecule has 0 aliphatic rings. The highest BCUT2D eigenvalue weighted by molar-refractivity contribution is 7.99. The molecule has 0 fully saturated rings. The Labute approximate surface area is 205 Å². The van der Waals surface area contributed by atoms with Crippen molar-refractivity contribution in [1.29, 1.82) is 5.26 Å². The number of hydrogen-bond acceptors (Lipinski definition) is 6. The molecule has 4 aromatic rings. The van der Waals surface area contributed by atoms with Crippen LogP contribution in [-0.2, 0) is 6.54 Å². The summed E-state index contributed by atoms with van der Waals surface area (Å²) in [7, 11) is 1.44. The van der Waals surface area contributed by atoms with Crippen LogP contribution in [0.3, 0.4) is 0 Å². The summed E-state index contributed by atoms with van der Waals surface area (Å²) in [6.07, 6.45) is 0. The van der Waals surface area contributed by atoms with E-state index in [0.717, 1.165) is 10.5 Å². The summed E-state index contributed by atoms with van der Waals surface area (Å²) in [5.74, 6) is -0.594. The summed E-state index contributed by atoms with van der Waals surface area (Å²) in [5, 5.41) is 9.41. The average molecular weight is 484 g/mol. The van der Waals surface area contributed by atoms with Gasteiger partial charge in [-0.1, -0.05) is 66.4 Å². The van der Waals surface area contributed by atoms with Gasteiger partial charge in [0.25, 0.3) is 11.5 Å². The minimum atomic E-state index is -0.757. The number of benzene rings is 3. The highest BCUT2D eigenvalue weighted by Crippen LogP contribution is 2.33. The van der Waals surface area contributed by atoms with E-state index in [-0.39, 0.29) is 18.1 Å². The Balaban J connectivity index is 1.72. The van der Waals surface area contributed by atoms with Gasteiger partial charge in [0.05, 0.1) is 17.7 Å². The van der Waals surface area contributed by atoms with Crippen molar-refractivity contribution in [1.82, 2.24) is 9.55 Å². The van der Waals surface area contributed by atoms with Crippen LogP contribution in [0.4, 0.5) is 11.5 Å². The van der Waals surface area contributed by atoms with Gasteiger partial charge < -0.3 is 10.6 Å². The first-order valence-electron chi connectivity index (χ1n) is 10.6. The third kappa shape index (κ3) is 4.88. The zero-order chi connectivity index (χ0) is 24.9. The van der Waals surface area contributed by atoms with Gasteiger partial charge in [0.2, 0.25) is 0 Å². The van der Waals surface area contributed by atoms with E-state index in [1.54, 1.807) is 42.5 Å². The fourth-order valence-corrected chi connectivity index (χ4v) is 4.62. The van der Waals surface area contributed by atoms with Gasteiger partial charge in [0, 0.05) is 16.8 Å². The molecule has 3 aromatic carbocycles. The fourth-order valence-electron chi connectivity index (χ4n) is 3.61. The first-order valence-corrected chi connectivity index (χ1v) is 11.4. The Morgan fingerprint density at radius 1 is 1.00 bits per heavy atom. The number of aromatic nitrogens is 2. The highest BCUT2D eigenvalue weighted by atomic mass is 32.2. The standard InChI is InChI=1S/C26H21N5O3S/c1-30(22-23(28)31(26(34)29-24(22)32)16-17-9-3-2-4-10-17)25(33)19-12-6-8-14-21(19)35-20-13-7-5-11-18(20)15-27/h2-14H,16,28H2,1H3,(H,29,32,34). The number of nitriles is 1. The van der Waals surface area contributed by atoms with Crippen molar-refractivity contribution in [2.75, 3.05) is 17.7 Å². The molecule has 0 saturated carbocycles. The summed E-state index contributed by atoms with van der Waals surface area (Å²) in [6, 6.07) is 25.3. The summed E-state index contributed by atoms with van der Waals surface area (Å²) in [6.45, 7) is 0.134. The Kier molecular flexibility index (Phi) is 6.85. The minimum Gasteiger partial charge on any atom is -0.383 e. The molecule has 0 aliphatic carbocycles. The number of nitrogens with one attached hydrogen (secondary N) is 1. The monoisotopic (exact) mass is 483 g/mol. The topological polar surface area (TPSA) is 125 Å². The van der Waals surface area contributed by atoms with Gasteiger partial charge >= 0.3 is 5.69 Å². The highest BCUT2D eigenvalue weighted by Gasteiger charge is 2.24. The molecule has 0 radical (unpaired) electrons. The number of carbonyl (C=O) groups is 1. The molecule has 4 rings (SSSR count). The molecule has 0 unspecified atom stereocenters. The number of amides is 1. The van der Waals surface area contributed by atoms with Crippen LogP contribution in [0.1, 0.15) is 21.5 Å². The summed E-state index contributed by atoms with van der Waals surface area (Å²) < 4.78 is 1.22. The first kappa shape index (κ1) is 23.6. The maximum Gasteiger partial charge on any atom is 0.330 e. The summed E-state index contributed by atoms with van der Waals surface area (Å²) >= 11 is 1.28. The van der Waals surface area contributed by atoms with E-state index in [2.05, 4.69) is 11.1 Å². The zero-order valence-corrected chi connectivity index (χ0v) is 19.6. The molecule has 0 aliphatic heterocycles. The first-order chi connectivity index (χ1) is 16.9. The van der Waals surface area contributed by atoms with Gasteiger partial charge in [0.1, 0.15) is 11.9 Å². The van der Waals surface area contributed by atoms with Gasteiger partial charge in [-0.15, -0.1) is 0 Å². The second-order valence-corrected chi connectivity index (χ2v) is 8.72. The van der Waals surface area contributed by atoms with Crippen LogP contribution in [-0.4, -0.2) is 22.5 Å². The van der Waals surface area contributed by atoms with Crippen molar-refractivity contribution in [3.05, 3.63) is 116 Å². The summed E-state index contributed by atoms with van der Waals surface area (Å²) in [4.78, 5) is 43.4. The predicted molar refractivity (Wildman–Crippen MR) is 136 cm³/mol. The molecule has 8 nitrogen and oxygen atoms in total. The smallest absolute Gasteiger partial charge is 0.330 e. The molecule has 1 heterocycles. The van der Waals surface area contributed by atoms with Crippen LogP contribution >= 0.6 is 11.8 Å². The lowest BCUT2D eigenvalue weighted by Crippen LogP contribution is -2.39. The molecular formula is C26H21N5O3S. The van der Waals surface area contributed by atoms with Crippen LogP contribution < -0.4 is 21.9 Å². The van der Waals surface area contributed by atoms with Crippen molar-refractivity contribution in [2.24, 2.45) is 0 Å². The maximum atomic E-state index is 13.5. The number of H-pyrrole nitrogens is 1. The second kappa shape index (κ2) is 10.2. The maximum absolute atomic E-state index is 13.5. The molecule has 0 saturated heterocycles. The third-order valence-electron chi connectivity index (χ3n) is 5.38. The van der Waals surface area contributed by atoms with E-state index in [1.165, 1.54) is 23.4 Å². The predicted octanol–water partition coefficient (Wildman–Crippen LogP) is 3.47. The van der Waals surface area contributed by atoms with Gasteiger partial charge in [-0.05, 0) is 29.8 Å². The Hall–Kier alpha value is -4.55. The number of nitrogens with two attached hydrogens (primary N) is 1. The lowest BCUT2D eigenvalue weighted by atomic mass is 10.2. The summed E-state index contributed by atoms with van der Waals surface area (Å²) in [5.41, 5.74) is 6.34. The molecule has 0 bridgehead atoms. The number of carbonyl (C=O) groups excluding carboxylic acids is 1. The zero-order valence-electron chi connectivity index (χ0n) is 18.8. The lowest BCUT2D eigenvalue weighted by molar-refractivity contribution is 0.0990. The van der Waals surface area contributed by atoms with Gasteiger partial charge in [0.15, 0.2) is 5.69 Å². The number of rotatable bonds is 6. The normalized spacial score (nSPS) is 10.5. The van der Waals surface area contributed by atoms with E-state index >= 15 is 0 Å². The van der Waals surface area contributed by atoms with E-state index in [9.17, 15) is 19.6 Å². The van der Waals surface area contributed by atoms with E-state index in [4.69, 9.17) is 5.73 Å². The Bertz CT molecular complexity index is 1550. The molecule has 1 amide bonds. The van der Waals surface area contributed by atoms with Crippen LogP contribution in [0.5, 0.6) is 0 Å². The molecule has 3 N–H and O–H groups in total. The molecule has 0 atom stereocenters. The number of hydrogen-bond donors (Lipinski definition) is 2. The van der Waals surface area contributed by atoms with Crippen molar-refractivity contribution < 1.29 is 4.79 Å². The molecule has 9 heteroatoms. The molecule has 1 aromatic heterocycles. The van der Waals surface area contributed by atoms with Crippen LogP contribution in [0, 0.1) is 11.3 Å². The van der Waals surface area contributed by atoms with Gasteiger partial charge in [-0.25, -0.2) is 4.79 Å². The quantitative estimate of drug-likeness (QED) is 0.433. The van der Waals surface area contributed by atoms with Crippen molar-refractivity contribution in [2.45, 2.75) is 16.3 Å². The molecule has 0 spiro atoms. The number of nitrogen functional groups attached to an aromatic ring is 1. The number of anilines is 2. The van der Waals surface area contributed by atoms with Crippen molar-refractivity contribution in [3.8, 4) is 6.07 Å². The Morgan fingerprint density at radius 3 is 2.34 bits per heavy atom. The molecule has 174 valence electrons. The molecule has 35 heavy (non-hydrogen) atoms. The van der Waals surface area contributed by atoms with E-state index < -0.39 is 17.2 Å².